The molecule has 2 rings (SSSR count). The fourth-order valence-corrected chi connectivity index (χ4v) is 1.13. The van der Waals surface area contributed by atoms with Crippen LogP contribution < -0.4 is 0 Å². The summed E-state index contributed by atoms with van der Waals surface area (Å²) in [6.45, 7) is 0. The monoisotopic (exact) mass is 214 g/mol. The first kappa shape index (κ1) is 14.6. The molecule has 0 aromatic heterocycles. The van der Waals surface area contributed by atoms with E-state index in [-0.39, 0.29) is 29.6 Å². The van der Waals surface area contributed by atoms with Crippen LogP contribution in [0.1, 0.15) is 0 Å². The first-order valence-corrected chi connectivity index (χ1v) is 4.18. The second-order valence-corrected chi connectivity index (χ2v) is 2.69. The van der Waals surface area contributed by atoms with E-state index in [1.807, 2.05) is 0 Å². The van der Waals surface area contributed by atoms with Gasteiger partial charge in [-0.05, 0) is 10.8 Å². The van der Waals surface area contributed by atoms with Gasteiger partial charge in [-0.1, -0.05) is 48.5 Å². The standard InChI is InChI=1S/C10H8.BH3O3.Na.H/c1-2-6-10-8-4-3-7-9(10)5-1;2-1(3)4;;/h1-8H;2-4H;;. The van der Waals surface area contributed by atoms with E-state index in [0.717, 1.165) is 0 Å². The van der Waals surface area contributed by atoms with Crippen LogP contribution in [-0.2, 0) is 0 Å². The Labute approximate surface area is 111 Å². The molecule has 0 atom stereocenters. The Balaban J connectivity index is 0.000000346. The summed E-state index contributed by atoms with van der Waals surface area (Å²) in [7, 11) is -2.17. The van der Waals surface area contributed by atoms with Gasteiger partial charge in [-0.2, -0.15) is 0 Å². The van der Waals surface area contributed by atoms with Crippen LogP contribution in [0.3, 0.4) is 0 Å². The van der Waals surface area contributed by atoms with Crippen molar-refractivity contribution in [1.29, 1.82) is 0 Å². The van der Waals surface area contributed by atoms with Crippen LogP contribution in [0.25, 0.3) is 10.8 Å². The van der Waals surface area contributed by atoms with E-state index in [4.69, 9.17) is 15.1 Å². The minimum absolute atomic E-state index is 0. The molecule has 3 nitrogen and oxygen atoms in total. The molecule has 0 spiro atoms. The zero-order chi connectivity index (χ0) is 10.4. The Kier molecular flexibility index (Phi) is 7.69. The SMILES string of the molecule is OB(O)O.[NaH].c1ccc2ccccc2c1. The molecule has 0 heterocycles. The van der Waals surface area contributed by atoms with Gasteiger partial charge in [-0.25, -0.2) is 0 Å². The molecule has 0 amide bonds. The maximum Gasteiger partial charge on any atom is -0.0184 e. The van der Waals surface area contributed by atoms with Crippen molar-refractivity contribution in [2.45, 2.75) is 0 Å². The molecule has 5 heteroatoms. The van der Waals surface area contributed by atoms with Crippen LogP contribution in [0, 0.1) is 0 Å². The quantitative estimate of drug-likeness (QED) is 0.546. The summed E-state index contributed by atoms with van der Waals surface area (Å²) < 4.78 is 0. The van der Waals surface area contributed by atoms with Gasteiger partial charge in [0.2, 0.25) is 0 Å². The van der Waals surface area contributed by atoms with Gasteiger partial charge in [0.05, 0.1) is 0 Å². The molecule has 0 bridgehead atoms. The normalized spacial score (nSPS) is 8.47. The van der Waals surface area contributed by atoms with Crippen LogP contribution >= 0.6 is 0 Å². The van der Waals surface area contributed by atoms with Crippen LogP contribution in [0.5, 0.6) is 0 Å². The Hall–Kier alpha value is -0.355. The van der Waals surface area contributed by atoms with Gasteiger partial charge >= 0.3 is 36.9 Å². The largest absolute Gasteiger partial charge is 0.0616 e. The molecule has 0 fully saturated rings. The smallest absolute Gasteiger partial charge is 0.0184 e. The van der Waals surface area contributed by atoms with E-state index in [0.29, 0.717) is 0 Å². The second-order valence-electron chi connectivity index (χ2n) is 2.69. The number of fused-ring (bicyclic) bond motifs is 1. The van der Waals surface area contributed by atoms with Crippen LogP contribution in [0.2, 0.25) is 0 Å². The number of rotatable bonds is 0. The summed E-state index contributed by atoms with van der Waals surface area (Å²) in [6, 6.07) is 16.7. The Morgan fingerprint density at radius 1 is 0.667 bits per heavy atom. The van der Waals surface area contributed by atoms with E-state index >= 15 is 0 Å². The van der Waals surface area contributed by atoms with Gasteiger partial charge in [-0.15, -0.1) is 0 Å². The molecule has 15 heavy (non-hydrogen) atoms. The van der Waals surface area contributed by atoms with Gasteiger partial charge in [0, 0.05) is 0 Å². The molecule has 2 aromatic rings. The molecule has 0 radical (unpaired) electrons. The van der Waals surface area contributed by atoms with Crippen molar-refractivity contribution in [3.8, 4) is 0 Å². The minimum atomic E-state index is -2.17. The summed E-state index contributed by atoms with van der Waals surface area (Å²) in [5.41, 5.74) is 0. The second kappa shape index (κ2) is 7.87. The van der Waals surface area contributed by atoms with Gasteiger partial charge in [0.1, 0.15) is 0 Å². The Bertz CT molecular complexity index is 327. The third kappa shape index (κ3) is 5.94. The molecule has 0 saturated heterocycles. The van der Waals surface area contributed by atoms with Crippen molar-refractivity contribution < 1.29 is 15.1 Å². The maximum atomic E-state index is 7.17. The fourth-order valence-electron chi connectivity index (χ4n) is 1.13. The number of benzene rings is 2. The Morgan fingerprint density at radius 3 is 1.07 bits per heavy atom. The van der Waals surface area contributed by atoms with Crippen molar-refractivity contribution in [1.82, 2.24) is 0 Å². The van der Waals surface area contributed by atoms with E-state index < -0.39 is 7.32 Å². The van der Waals surface area contributed by atoms with Gasteiger partial charge in [-0.3, -0.25) is 0 Å². The first-order chi connectivity index (χ1) is 6.70. The zero-order valence-corrected chi connectivity index (χ0v) is 7.54. The molecule has 0 saturated carbocycles. The molecular formula is C10H12BNaO3. The summed E-state index contributed by atoms with van der Waals surface area (Å²) in [5, 5.41) is 24.1. The third-order valence-electron chi connectivity index (χ3n) is 1.66. The van der Waals surface area contributed by atoms with Crippen LogP contribution in [0.4, 0.5) is 0 Å². The van der Waals surface area contributed by atoms with Gasteiger partial charge < -0.3 is 15.1 Å². The predicted molar refractivity (Wildman–Crippen MR) is 63.5 cm³/mol. The van der Waals surface area contributed by atoms with Gasteiger partial charge in [0.25, 0.3) is 0 Å². The molecule has 0 aliphatic carbocycles. The molecule has 0 aliphatic rings. The molecular weight excluding hydrogens is 202 g/mol. The van der Waals surface area contributed by atoms with E-state index in [1.54, 1.807) is 0 Å². The van der Waals surface area contributed by atoms with Crippen molar-refractivity contribution in [3.63, 3.8) is 0 Å². The van der Waals surface area contributed by atoms with Crippen molar-refractivity contribution in [2.75, 3.05) is 0 Å². The molecule has 0 unspecified atom stereocenters. The van der Waals surface area contributed by atoms with E-state index in [2.05, 4.69) is 48.5 Å². The average Bonchev–Trinajstić information content (AvgIpc) is 2.17. The number of hydrogen-bond acceptors (Lipinski definition) is 3. The van der Waals surface area contributed by atoms with Crippen LogP contribution in [0.15, 0.2) is 48.5 Å². The summed E-state index contributed by atoms with van der Waals surface area (Å²) in [6.07, 6.45) is 0. The van der Waals surface area contributed by atoms with Crippen LogP contribution in [-0.4, -0.2) is 52.0 Å². The zero-order valence-electron chi connectivity index (χ0n) is 7.54. The van der Waals surface area contributed by atoms with E-state index in [1.165, 1.54) is 10.8 Å². The average molecular weight is 214 g/mol. The molecule has 3 N–H and O–H groups in total. The maximum absolute atomic E-state index is 7.17. The molecule has 2 aromatic carbocycles. The summed E-state index contributed by atoms with van der Waals surface area (Å²) >= 11 is 0. The fraction of sp³-hybridized carbons (Fsp3) is 0. The van der Waals surface area contributed by atoms with Gasteiger partial charge in [0.15, 0.2) is 0 Å². The third-order valence-corrected chi connectivity index (χ3v) is 1.66. The summed E-state index contributed by atoms with van der Waals surface area (Å²) in [5.74, 6) is 0. The Morgan fingerprint density at radius 2 is 0.867 bits per heavy atom. The topological polar surface area (TPSA) is 60.7 Å². The molecule has 74 valence electrons. The number of hydrogen-bond donors (Lipinski definition) is 3. The summed E-state index contributed by atoms with van der Waals surface area (Å²) in [4.78, 5) is 0. The van der Waals surface area contributed by atoms with E-state index in [9.17, 15) is 0 Å². The molecule has 0 aliphatic heterocycles. The minimum Gasteiger partial charge on any atom is -0.0616 e. The van der Waals surface area contributed by atoms with Crippen molar-refractivity contribution in [2.24, 2.45) is 0 Å². The first-order valence-electron chi connectivity index (χ1n) is 4.18. The van der Waals surface area contributed by atoms with Crippen molar-refractivity contribution >= 4 is 47.7 Å². The van der Waals surface area contributed by atoms with Crippen molar-refractivity contribution in [3.05, 3.63) is 48.5 Å². The predicted octanol–water partition coefficient (Wildman–Crippen LogP) is 0.139.